The Bertz CT molecular complexity index is 545. The number of hydrogen-bond donors (Lipinski definition) is 1. The molecule has 1 aliphatic carbocycles. The zero-order valence-corrected chi connectivity index (χ0v) is 10.6. The van der Waals surface area contributed by atoms with E-state index in [4.69, 9.17) is 0 Å². The molecule has 0 amide bonds. The van der Waals surface area contributed by atoms with E-state index in [9.17, 15) is 5.11 Å². The SMILES string of the molecule is CSC1(C(O)c2cccc3cnccc23)CC1. The number of aliphatic hydroxyl groups excluding tert-OH is 1. The molecule has 1 aromatic heterocycles. The Morgan fingerprint density at radius 1 is 1.35 bits per heavy atom. The van der Waals surface area contributed by atoms with Crippen LogP contribution in [-0.4, -0.2) is 21.1 Å². The third-order valence-electron chi connectivity index (χ3n) is 3.66. The third-order valence-corrected chi connectivity index (χ3v) is 5.10. The molecule has 1 fully saturated rings. The zero-order chi connectivity index (χ0) is 11.9. The lowest BCUT2D eigenvalue weighted by molar-refractivity contribution is 0.169. The molecule has 3 heteroatoms. The van der Waals surface area contributed by atoms with Gasteiger partial charge in [0, 0.05) is 22.5 Å². The van der Waals surface area contributed by atoms with Crippen molar-refractivity contribution in [2.24, 2.45) is 0 Å². The highest BCUT2D eigenvalue weighted by Crippen LogP contribution is 2.56. The summed E-state index contributed by atoms with van der Waals surface area (Å²) in [5, 5.41) is 12.8. The molecule has 1 unspecified atom stereocenters. The van der Waals surface area contributed by atoms with Crippen molar-refractivity contribution >= 4 is 22.5 Å². The molecule has 1 heterocycles. The number of nitrogens with zero attached hydrogens (tertiary/aromatic N) is 1. The number of hydrogen-bond acceptors (Lipinski definition) is 3. The van der Waals surface area contributed by atoms with Crippen LogP contribution in [0.15, 0.2) is 36.7 Å². The van der Waals surface area contributed by atoms with E-state index < -0.39 is 0 Å². The van der Waals surface area contributed by atoms with Crippen LogP contribution in [0.1, 0.15) is 24.5 Å². The lowest BCUT2D eigenvalue weighted by atomic mass is 9.99. The first-order valence-electron chi connectivity index (χ1n) is 5.83. The minimum Gasteiger partial charge on any atom is -0.387 e. The van der Waals surface area contributed by atoms with Gasteiger partial charge in [-0.1, -0.05) is 18.2 Å². The van der Waals surface area contributed by atoms with Crippen molar-refractivity contribution in [2.45, 2.75) is 23.7 Å². The summed E-state index contributed by atoms with van der Waals surface area (Å²) in [6, 6.07) is 8.06. The van der Waals surface area contributed by atoms with Crippen molar-refractivity contribution in [3.63, 3.8) is 0 Å². The maximum Gasteiger partial charge on any atom is 0.0942 e. The smallest absolute Gasteiger partial charge is 0.0942 e. The van der Waals surface area contributed by atoms with Crippen LogP contribution in [0.3, 0.4) is 0 Å². The van der Waals surface area contributed by atoms with Gasteiger partial charge in [-0.3, -0.25) is 4.98 Å². The lowest BCUT2D eigenvalue weighted by Crippen LogP contribution is -2.16. The Hall–Kier alpha value is -1.06. The molecule has 88 valence electrons. The molecule has 2 aromatic rings. The van der Waals surface area contributed by atoms with E-state index in [0.29, 0.717) is 0 Å². The van der Waals surface area contributed by atoms with E-state index in [1.165, 1.54) is 0 Å². The Morgan fingerprint density at radius 3 is 2.88 bits per heavy atom. The molecular formula is C14H15NOS. The van der Waals surface area contributed by atoms with E-state index >= 15 is 0 Å². The van der Waals surface area contributed by atoms with Gasteiger partial charge in [0.1, 0.15) is 0 Å². The van der Waals surface area contributed by atoms with Crippen LogP contribution in [0.5, 0.6) is 0 Å². The molecule has 0 radical (unpaired) electrons. The summed E-state index contributed by atoms with van der Waals surface area (Å²) >= 11 is 1.78. The predicted molar refractivity (Wildman–Crippen MR) is 72.2 cm³/mol. The van der Waals surface area contributed by atoms with Crippen molar-refractivity contribution < 1.29 is 5.11 Å². The minimum absolute atomic E-state index is 0.0531. The van der Waals surface area contributed by atoms with Crippen molar-refractivity contribution in [2.75, 3.05) is 6.26 Å². The zero-order valence-electron chi connectivity index (χ0n) is 9.76. The summed E-state index contributed by atoms with van der Waals surface area (Å²) in [6.45, 7) is 0. The number of aliphatic hydroxyl groups is 1. The second kappa shape index (κ2) is 4.00. The van der Waals surface area contributed by atoms with Crippen LogP contribution in [-0.2, 0) is 0 Å². The van der Waals surface area contributed by atoms with Crippen LogP contribution in [0.2, 0.25) is 0 Å². The summed E-state index contributed by atoms with van der Waals surface area (Å²) in [4.78, 5) is 4.12. The van der Waals surface area contributed by atoms with Crippen molar-refractivity contribution in [1.82, 2.24) is 4.98 Å². The van der Waals surface area contributed by atoms with Gasteiger partial charge in [0.2, 0.25) is 0 Å². The third kappa shape index (κ3) is 1.74. The van der Waals surface area contributed by atoms with Gasteiger partial charge in [-0.25, -0.2) is 0 Å². The molecule has 0 spiro atoms. The topological polar surface area (TPSA) is 33.1 Å². The summed E-state index contributed by atoms with van der Waals surface area (Å²) in [6.07, 6.45) is 7.57. The first kappa shape index (κ1) is 11.1. The van der Waals surface area contributed by atoms with Crippen LogP contribution < -0.4 is 0 Å². The Labute approximate surface area is 105 Å². The van der Waals surface area contributed by atoms with Crippen molar-refractivity contribution in [1.29, 1.82) is 0 Å². The van der Waals surface area contributed by atoms with Gasteiger partial charge in [-0.05, 0) is 36.1 Å². The Morgan fingerprint density at radius 2 is 2.18 bits per heavy atom. The summed E-state index contributed by atoms with van der Waals surface area (Å²) in [5.41, 5.74) is 1.04. The largest absolute Gasteiger partial charge is 0.387 e. The quantitative estimate of drug-likeness (QED) is 0.901. The molecular weight excluding hydrogens is 230 g/mol. The molecule has 1 aliphatic rings. The van der Waals surface area contributed by atoms with Gasteiger partial charge >= 0.3 is 0 Å². The number of pyridine rings is 1. The average molecular weight is 245 g/mol. The molecule has 0 saturated heterocycles. The molecule has 0 aliphatic heterocycles. The second-order valence-corrected chi connectivity index (χ2v) is 5.84. The lowest BCUT2D eigenvalue weighted by Gasteiger charge is -2.21. The number of rotatable bonds is 3. The Kier molecular flexibility index (Phi) is 2.60. The molecule has 1 N–H and O–H groups in total. The van der Waals surface area contributed by atoms with Gasteiger partial charge in [-0.15, -0.1) is 0 Å². The van der Waals surface area contributed by atoms with E-state index in [2.05, 4.69) is 11.2 Å². The number of thioether (sulfide) groups is 1. The maximum atomic E-state index is 10.6. The van der Waals surface area contributed by atoms with E-state index in [1.54, 1.807) is 18.0 Å². The average Bonchev–Trinajstić information content (AvgIpc) is 3.18. The highest BCUT2D eigenvalue weighted by molar-refractivity contribution is 8.00. The van der Waals surface area contributed by atoms with E-state index in [0.717, 1.165) is 29.2 Å². The first-order valence-corrected chi connectivity index (χ1v) is 7.05. The Balaban J connectivity index is 2.11. The van der Waals surface area contributed by atoms with Crippen molar-refractivity contribution in [3.05, 3.63) is 42.2 Å². The van der Waals surface area contributed by atoms with E-state index in [-0.39, 0.29) is 10.9 Å². The molecule has 17 heavy (non-hydrogen) atoms. The molecule has 3 rings (SSSR count). The minimum atomic E-state index is -0.372. The molecule has 1 saturated carbocycles. The number of benzene rings is 1. The predicted octanol–water partition coefficient (Wildman–Crippen LogP) is 3.16. The second-order valence-electron chi connectivity index (χ2n) is 4.62. The maximum absolute atomic E-state index is 10.6. The number of fused-ring (bicyclic) bond motifs is 1. The molecule has 0 bridgehead atoms. The number of aromatic nitrogens is 1. The van der Waals surface area contributed by atoms with Gasteiger partial charge in [0.05, 0.1) is 6.10 Å². The first-order chi connectivity index (χ1) is 8.27. The van der Waals surface area contributed by atoms with Crippen molar-refractivity contribution in [3.8, 4) is 0 Å². The van der Waals surface area contributed by atoms with Gasteiger partial charge in [-0.2, -0.15) is 11.8 Å². The monoisotopic (exact) mass is 245 g/mol. The van der Waals surface area contributed by atoms with Crippen LogP contribution in [0.25, 0.3) is 10.8 Å². The van der Waals surface area contributed by atoms with Gasteiger partial charge in [0.15, 0.2) is 0 Å². The van der Waals surface area contributed by atoms with Crippen LogP contribution >= 0.6 is 11.8 Å². The fraction of sp³-hybridized carbons (Fsp3) is 0.357. The van der Waals surface area contributed by atoms with Crippen LogP contribution in [0.4, 0.5) is 0 Å². The van der Waals surface area contributed by atoms with Crippen LogP contribution in [0, 0.1) is 0 Å². The molecule has 2 nitrogen and oxygen atoms in total. The van der Waals surface area contributed by atoms with E-state index in [1.807, 2.05) is 30.5 Å². The summed E-state index contributed by atoms with van der Waals surface area (Å²) in [5.74, 6) is 0. The fourth-order valence-electron chi connectivity index (χ4n) is 2.38. The van der Waals surface area contributed by atoms with Gasteiger partial charge in [0.25, 0.3) is 0 Å². The summed E-state index contributed by atoms with van der Waals surface area (Å²) in [7, 11) is 0. The van der Waals surface area contributed by atoms with Gasteiger partial charge < -0.3 is 5.11 Å². The normalized spacial score (nSPS) is 19.2. The molecule has 1 atom stereocenters. The highest BCUT2D eigenvalue weighted by atomic mass is 32.2. The standard InChI is InChI=1S/C14H15NOS/c1-17-14(6-7-14)13(16)12-4-2-3-10-9-15-8-5-11(10)12/h2-5,8-9,13,16H,6-7H2,1H3. The fourth-order valence-corrected chi connectivity index (χ4v) is 3.24. The summed E-state index contributed by atoms with van der Waals surface area (Å²) < 4.78 is 0.0531. The molecule has 1 aromatic carbocycles. The highest BCUT2D eigenvalue weighted by Gasteiger charge is 2.49.